The lowest BCUT2D eigenvalue weighted by atomic mass is 10.1. The molecule has 0 aromatic heterocycles. The fourth-order valence-electron chi connectivity index (χ4n) is 1.87. The molecule has 4 heteroatoms. The Morgan fingerprint density at radius 1 is 1.39 bits per heavy atom. The van der Waals surface area contributed by atoms with Crippen molar-refractivity contribution in [3.8, 4) is 5.75 Å². The first-order chi connectivity index (χ1) is 8.58. The number of alkyl halides is 1. The molecule has 0 atom stereocenters. The van der Waals surface area contributed by atoms with Gasteiger partial charge in [-0.3, -0.25) is 4.90 Å². The van der Waals surface area contributed by atoms with Crippen LogP contribution in [-0.4, -0.2) is 30.5 Å². The molecule has 0 radical (unpaired) electrons. The Balaban J connectivity index is 2.81. The Kier molecular flexibility index (Phi) is 7.05. The van der Waals surface area contributed by atoms with E-state index in [-0.39, 0.29) is 0 Å². The highest BCUT2D eigenvalue weighted by molar-refractivity contribution is 9.10. The average Bonchev–Trinajstić information content (AvgIpc) is 2.34. The zero-order valence-electron chi connectivity index (χ0n) is 11.2. The van der Waals surface area contributed by atoms with Crippen LogP contribution in [0.1, 0.15) is 25.8 Å². The molecule has 1 aromatic carbocycles. The number of methoxy groups -OCH3 is 1. The van der Waals surface area contributed by atoms with E-state index in [0.29, 0.717) is 11.9 Å². The van der Waals surface area contributed by atoms with Crippen molar-refractivity contribution in [3.05, 3.63) is 28.2 Å². The number of nitrogens with zero attached hydrogens (tertiary/aromatic N) is 1. The standard InChI is InChI=1S/C14H21BrClNO/c1-11(2)17(8-4-7-16)10-12-9-13(15)5-6-14(12)18-3/h5-6,9,11H,4,7-8,10H2,1-3H3. The number of halogens is 2. The normalized spacial score (nSPS) is 11.3. The molecule has 0 spiro atoms. The van der Waals surface area contributed by atoms with Gasteiger partial charge in [0.1, 0.15) is 5.75 Å². The van der Waals surface area contributed by atoms with E-state index in [1.54, 1.807) is 7.11 Å². The zero-order chi connectivity index (χ0) is 13.5. The fourth-order valence-corrected chi connectivity index (χ4v) is 2.40. The summed E-state index contributed by atoms with van der Waals surface area (Å²) in [6, 6.07) is 6.62. The maximum atomic E-state index is 5.78. The predicted octanol–water partition coefficient (Wildman–Crippen LogP) is 4.30. The lowest BCUT2D eigenvalue weighted by Gasteiger charge is -2.27. The molecule has 0 bridgehead atoms. The third-order valence-electron chi connectivity index (χ3n) is 2.93. The monoisotopic (exact) mass is 333 g/mol. The smallest absolute Gasteiger partial charge is 0.123 e. The fraction of sp³-hybridized carbons (Fsp3) is 0.571. The van der Waals surface area contributed by atoms with E-state index in [0.717, 1.165) is 29.7 Å². The van der Waals surface area contributed by atoms with Crippen molar-refractivity contribution in [2.75, 3.05) is 19.5 Å². The topological polar surface area (TPSA) is 12.5 Å². The Bertz CT molecular complexity index is 371. The van der Waals surface area contributed by atoms with Crippen molar-refractivity contribution >= 4 is 27.5 Å². The van der Waals surface area contributed by atoms with Crippen molar-refractivity contribution in [3.63, 3.8) is 0 Å². The van der Waals surface area contributed by atoms with Crippen LogP contribution in [0.3, 0.4) is 0 Å². The largest absolute Gasteiger partial charge is 0.496 e. The van der Waals surface area contributed by atoms with Crippen LogP contribution >= 0.6 is 27.5 Å². The van der Waals surface area contributed by atoms with E-state index in [1.807, 2.05) is 12.1 Å². The molecule has 2 nitrogen and oxygen atoms in total. The Labute approximate surface area is 123 Å². The lowest BCUT2D eigenvalue weighted by Crippen LogP contribution is -2.31. The summed E-state index contributed by atoms with van der Waals surface area (Å²) in [4.78, 5) is 2.41. The predicted molar refractivity (Wildman–Crippen MR) is 81.6 cm³/mol. The van der Waals surface area contributed by atoms with E-state index in [9.17, 15) is 0 Å². The van der Waals surface area contributed by atoms with Gasteiger partial charge in [-0.15, -0.1) is 11.6 Å². The number of ether oxygens (including phenoxy) is 1. The molecule has 0 N–H and O–H groups in total. The molecule has 18 heavy (non-hydrogen) atoms. The first-order valence-electron chi connectivity index (χ1n) is 6.21. The number of hydrogen-bond donors (Lipinski definition) is 0. The molecule has 0 aliphatic rings. The Hall–Kier alpha value is -0.250. The van der Waals surface area contributed by atoms with Gasteiger partial charge in [0.25, 0.3) is 0 Å². The molecule has 0 saturated heterocycles. The third kappa shape index (κ3) is 4.79. The summed E-state index contributed by atoms with van der Waals surface area (Å²) < 4.78 is 6.49. The molecule has 0 heterocycles. The maximum absolute atomic E-state index is 5.78. The second kappa shape index (κ2) is 8.03. The van der Waals surface area contributed by atoms with Crippen LogP contribution in [0.4, 0.5) is 0 Å². The van der Waals surface area contributed by atoms with Crippen LogP contribution in [0.25, 0.3) is 0 Å². The van der Waals surface area contributed by atoms with Crippen LogP contribution in [-0.2, 0) is 6.54 Å². The summed E-state index contributed by atoms with van der Waals surface area (Å²) in [6.45, 7) is 6.31. The van der Waals surface area contributed by atoms with Gasteiger partial charge in [-0.05, 0) is 45.0 Å². The summed E-state index contributed by atoms with van der Waals surface area (Å²) in [5.74, 6) is 1.65. The molecule has 1 aromatic rings. The second-order valence-electron chi connectivity index (χ2n) is 4.56. The van der Waals surface area contributed by atoms with Gasteiger partial charge in [0, 0.05) is 28.5 Å². The molecule has 0 fully saturated rings. The highest BCUT2D eigenvalue weighted by atomic mass is 79.9. The van der Waals surface area contributed by atoms with Crippen LogP contribution in [0.2, 0.25) is 0 Å². The maximum Gasteiger partial charge on any atom is 0.123 e. The van der Waals surface area contributed by atoms with Crippen molar-refractivity contribution in [2.45, 2.75) is 32.9 Å². The summed E-state index contributed by atoms with van der Waals surface area (Å²) in [5, 5.41) is 0. The van der Waals surface area contributed by atoms with Gasteiger partial charge in [0.2, 0.25) is 0 Å². The van der Waals surface area contributed by atoms with Crippen molar-refractivity contribution in [2.24, 2.45) is 0 Å². The van der Waals surface area contributed by atoms with E-state index < -0.39 is 0 Å². The Morgan fingerprint density at radius 3 is 2.67 bits per heavy atom. The first-order valence-corrected chi connectivity index (χ1v) is 7.53. The van der Waals surface area contributed by atoms with Gasteiger partial charge in [0.15, 0.2) is 0 Å². The van der Waals surface area contributed by atoms with Gasteiger partial charge in [-0.2, -0.15) is 0 Å². The highest BCUT2D eigenvalue weighted by Gasteiger charge is 2.13. The first kappa shape index (κ1) is 15.8. The van der Waals surface area contributed by atoms with Gasteiger partial charge >= 0.3 is 0 Å². The van der Waals surface area contributed by atoms with Crippen molar-refractivity contribution in [1.82, 2.24) is 4.90 Å². The van der Waals surface area contributed by atoms with Gasteiger partial charge in [0.05, 0.1) is 7.11 Å². The summed E-state index contributed by atoms with van der Waals surface area (Å²) in [5.41, 5.74) is 1.20. The number of rotatable bonds is 7. The van der Waals surface area contributed by atoms with Crippen LogP contribution in [0.15, 0.2) is 22.7 Å². The molecule has 0 unspecified atom stereocenters. The molecule has 1 rings (SSSR count). The van der Waals surface area contributed by atoms with Gasteiger partial charge < -0.3 is 4.74 Å². The van der Waals surface area contributed by atoms with Crippen LogP contribution in [0.5, 0.6) is 5.75 Å². The molecular formula is C14H21BrClNO. The summed E-state index contributed by atoms with van der Waals surface area (Å²) in [6.07, 6.45) is 1.01. The molecule has 0 aliphatic carbocycles. The number of benzene rings is 1. The molecule has 102 valence electrons. The van der Waals surface area contributed by atoms with E-state index in [4.69, 9.17) is 16.3 Å². The third-order valence-corrected chi connectivity index (χ3v) is 3.69. The minimum Gasteiger partial charge on any atom is -0.496 e. The van der Waals surface area contributed by atoms with Crippen molar-refractivity contribution < 1.29 is 4.74 Å². The zero-order valence-corrected chi connectivity index (χ0v) is 13.6. The van der Waals surface area contributed by atoms with Crippen LogP contribution in [0, 0.1) is 0 Å². The second-order valence-corrected chi connectivity index (χ2v) is 5.86. The highest BCUT2D eigenvalue weighted by Crippen LogP contribution is 2.25. The summed E-state index contributed by atoms with van der Waals surface area (Å²) >= 11 is 9.29. The lowest BCUT2D eigenvalue weighted by molar-refractivity contribution is 0.211. The van der Waals surface area contributed by atoms with E-state index >= 15 is 0 Å². The van der Waals surface area contributed by atoms with Crippen molar-refractivity contribution in [1.29, 1.82) is 0 Å². The van der Waals surface area contributed by atoms with Gasteiger partial charge in [-0.25, -0.2) is 0 Å². The van der Waals surface area contributed by atoms with Gasteiger partial charge in [-0.1, -0.05) is 15.9 Å². The summed E-state index contributed by atoms with van der Waals surface area (Å²) in [7, 11) is 1.71. The van der Waals surface area contributed by atoms with E-state index in [2.05, 4.69) is 40.7 Å². The average molecular weight is 335 g/mol. The minimum absolute atomic E-state index is 0.497. The molecular weight excluding hydrogens is 314 g/mol. The number of hydrogen-bond acceptors (Lipinski definition) is 2. The molecule has 0 aliphatic heterocycles. The SMILES string of the molecule is COc1ccc(Br)cc1CN(CCCCl)C(C)C. The van der Waals surface area contributed by atoms with Crippen LogP contribution < -0.4 is 4.74 Å². The minimum atomic E-state index is 0.497. The van der Waals surface area contributed by atoms with E-state index in [1.165, 1.54) is 5.56 Å². The molecule has 0 amide bonds. The quantitative estimate of drug-likeness (QED) is 0.689. The Morgan fingerprint density at radius 2 is 2.11 bits per heavy atom. The molecule has 0 saturated carbocycles.